The normalized spacial score (nSPS) is 11.7. The molecule has 1 atom stereocenters. The van der Waals surface area contributed by atoms with E-state index in [1.165, 1.54) is 5.56 Å². The lowest BCUT2D eigenvalue weighted by Crippen LogP contribution is -2.38. The van der Waals surface area contributed by atoms with E-state index in [-0.39, 0.29) is 6.04 Å². The van der Waals surface area contributed by atoms with E-state index in [1.54, 1.807) is 6.07 Å². The lowest BCUT2D eigenvalue weighted by molar-refractivity contribution is 0.467. The van der Waals surface area contributed by atoms with E-state index in [9.17, 15) is 5.11 Å². The number of nitrogens with one attached hydrogen (secondary N) is 2. The molecule has 0 aliphatic carbocycles. The molecule has 0 aliphatic rings. The lowest BCUT2D eigenvalue weighted by Gasteiger charge is -2.21. The van der Waals surface area contributed by atoms with Gasteiger partial charge >= 0.3 is 0 Å². The molecule has 0 bridgehead atoms. The molecule has 3 nitrogen and oxygen atoms in total. The summed E-state index contributed by atoms with van der Waals surface area (Å²) in [6.45, 7) is 2.86. The molecule has 0 amide bonds. The quantitative estimate of drug-likeness (QED) is 0.674. The largest absolute Gasteiger partial charge is 0.508 e. The lowest BCUT2D eigenvalue weighted by atomic mass is 10.0. The van der Waals surface area contributed by atoms with E-state index in [1.807, 2.05) is 36.4 Å². The van der Waals surface area contributed by atoms with Crippen molar-refractivity contribution >= 4 is 17.3 Å². The van der Waals surface area contributed by atoms with Crippen molar-refractivity contribution in [2.75, 3.05) is 6.54 Å². The van der Waals surface area contributed by atoms with Gasteiger partial charge in [0, 0.05) is 6.54 Å². The van der Waals surface area contributed by atoms with Gasteiger partial charge in [-0.05, 0) is 42.3 Å². The van der Waals surface area contributed by atoms with Crippen molar-refractivity contribution in [3.8, 4) is 5.75 Å². The van der Waals surface area contributed by atoms with Crippen LogP contribution in [-0.2, 0) is 6.42 Å². The maximum Gasteiger partial charge on any atom is 0.166 e. The molecular weight excluding hydrogens is 304 g/mol. The van der Waals surface area contributed by atoms with Crippen LogP contribution in [0.2, 0.25) is 0 Å². The predicted octanol–water partition coefficient (Wildman–Crippen LogP) is 3.94. The summed E-state index contributed by atoms with van der Waals surface area (Å²) in [7, 11) is 0. The molecular formula is C19H24N2OS. The van der Waals surface area contributed by atoms with Crippen LogP contribution in [0.4, 0.5) is 0 Å². The summed E-state index contributed by atoms with van der Waals surface area (Å²) in [5.41, 5.74) is 2.18. The van der Waals surface area contributed by atoms with Crippen LogP contribution in [0.1, 0.15) is 36.9 Å². The van der Waals surface area contributed by atoms with Crippen molar-refractivity contribution in [1.82, 2.24) is 10.6 Å². The number of phenols is 1. The van der Waals surface area contributed by atoms with Crippen LogP contribution in [0, 0.1) is 0 Å². The number of para-hydroxylation sites is 1. The summed E-state index contributed by atoms with van der Waals surface area (Å²) in [6.07, 6.45) is 2.86. The fraction of sp³-hybridized carbons (Fsp3) is 0.316. The Balaban J connectivity index is 1.84. The van der Waals surface area contributed by atoms with E-state index in [0.29, 0.717) is 17.4 Å². The molecule has 0 spiro atoms. The van der Waals surface area contributed by atoms with Gasteiger partial charge in [0.1, 0.15) is 5.75 Å². The highest BCUT2D eigenvalue weighted by Crippen LogP contribution is 2.18. The molecule has 4 heteroatoms. The molecule has 0 aromatic heterocycles. The molecule has 2 aromatic rings. The number of phenolic OH excluding ortho intramolecular Hbond substituents is 1. The highest BCUT2D eigenvalue weighted by molar-refractivity contribution is 7.80. The summed E-state index contributed by atoms with van der Waals surface area (Å²) in [5.74, 6) is 0.335. The average Bonchev–Trinajstić information content (AvgIpc) is 2.57. The topological polar surface area (TPSA) is 44.3 Å². The van der Waals surface area contributed by atoms with Crippen LogP contribution in [0.3, 0.4) is 0 Å². The van der Waals surface area contributed by atoms with E-state index in [0.717, 1.165) is 24.8 Å². The van der Waals surface area contributed by atoms with Crippen LogP contribution >= 0.6 is 12.2 Å². The third-order valence-corrected chi connectivity index (χ3v) is 4.02. The number of thiocarbonyl (C=S) groups is 1. The minimum absolute atomic E-state index is 0.228. The highest BCUT2D eigenvalue weighted by Gasteiger charge is 2.11. The molecule has 122 valence electrons. The Morgan fingerprint density at radius 2 is 1.78 bits per heavy atom. The Labute approximate surface area is 143 Å². The fourth-order valence-electron chi connectivity index (χ4n) is 2.54. The van der Waals surface area contributed by atoms with Gasteiger partial charge in [-0.1, -0.05) is 61.9 Å². The molecule has 0 fully saturated rings. The van der Waals surface area contributed by atoms with Gasteiger partial charge in [0.15, 0.2) is 5.11 Å². The number of rotatable bonds is 7. The van der Waals surface area contributed by atoms with Crippen LogP contribution in [0.15, 0.2) is 54.6 Å². The molecule has 0 saturated carbocycles. The van der Waals surface area contributed by atoms with Crippen LogP contribution in [0.5, 0.6) is 5.75 Å². The van der Waals surface area contributed by atoms with E-state index in [4.69, 9.17) is 12.2 Å². The van der Waals surface area contributed by atoms with Gasteiger partial charge < -0.3 is 15.7 Å². The zero-order chi connectivity index (χ0) is 16.5. The van der Waals surface area contributed by atoms with Gasteiger partial charge in [0.2, 0.25) is 0 Å². The second kappa shape index (κ2) is 9.16. The number of hydrogen-bond donors (Lipinski definition) is 3. The number of benzene rings is 2. The highest BCUT2D eigenvalue weighted by atomic mass is 32.1. The minimum atomic E-state index is 0.228. The predicted molar refractivity (Wildman–Crippen MR) is 99.6 cm³/mol. The Bertz CT molecular complexity index is 616. The van der Waals surface area contributed by atoms with Crippen LogP contribution < -0.4 is 10.6 Å². The zero-order valence-electron chi connectivity index (χ0n) is 13.5. The maximum atomic E-state index is 9.76. The third kappa shape index (κ3) is 5.57. The van der Waals surface area contributed by atoms with Gasteiger partial charge in [-0.2, -0.15) is 0 Å². The summed E-state index contributed by atoms with van der Waals surface area (Å²) < 4.78 is 0. The fourth-order valence-corrected chi connectivity index (χ4v) is 2.78. The molecule has 2 rings (SSSR count). The molecule has 23 heavy (non-hydrogen) atoms. The first-order valence-corrected chi connectivity index (χ1v) is 8.47. The van der Waals surface area contributed by atoms with Crippen molar-refractivity contribution in [3.05, 3.63) is 65.7 Å². The summed E-state index contributed by atoms with van der Waals surface area (Å²) in [5, 5.41) is 17.0. The molecule has 3 N–H and O–H groups in total. The zero-order valence-corrected chi connectivity index (χ0v) is 14.3. The Hall–Kier alpha value is -2.07. The number of hydrogen-bond acceptors (Lipinski definition) is 2. The van der Waals surface area contributed by atoms with Gasteiger partial charge in [0.05, 0.1) is 6.04 Å². The first-order chi connectivity index (χ1) is 11.2. The summed E-state index contributed by atoms with van der Waals surface area (Å²) in [6, 6.07) is 18.0. The SMILES string of the molecule is CCC[C@@H](NC(=S)NCCc1ccccc1O)c1ccccc1. The Morgan fingerprint density at radius 1 is 1.09 bits per heavy atom. The summed E-state index contributed by atoms with van der Waals surface area (Å²) in [4.78, 5) is 0. The summed E-state index contributed by atoms with van der Waals surface area (Å²) >= 11 is 5.41. The second-order valence-electron chi connectivity index (χ2n) is 5.53. The first kappa shape index (κ1) is 17.3. The Morgan fingerprint density at radius 3 is 2.48 bits per heavy atom. The van der Waals surface area contributed by atoms with E-state index >= 15 is 0 Å². The van der Waals surface area contributed by atoms with Crippen molar-refractivity contribution < 1.29 is 5.11 Å². The minimum Gasteiger partial charge on any atom is -0.508 e. The average molecular weight is 328 g/mol. The molecule has 0 heterocycles. The van der Waals surface area contributed by atoms with Crippen molar-refractivity contribution in [3.63, 3.8) is 0 Å². The molecule has 0 radical (unpaired) electrons. The van der Waals surface area contributed by atoms with Crippen molar-refractivity contribution in [2.45, 2.75) is 32.2 Å². The van der Waals surface area contributed by atoms with Gasteiger partial charge in [0.25, 0.3) is 0 Å². The monoisotopic (exact) mass is 328 g/mol. The molecule has 2 aromatic carbocycles. The number of aromatic hydroxyl groups is 1. The van der Waals surface area contributed by atoms with Gasteiger partial charge in [-0.3, -0.25) is 0 Å². The molecule has 0 unspecified atom stereocenters. The van der Waals surface area contributed by atoms with Crippen molar-refractivity contribution in [2.24, 2.45) is 0 Å². The second-order valence-corrected chi connectivity index (χ2v) is 5.94. The molecule has 0 aliphatic heterocycles. The van der Waals surface area contributed by atoms with E-state index in [2.05, 4.69) is 29.7 Å². The van der Waals surface area contributed by atoms with Gasteiger partial charge in [-0.25, -0.2) is 0 Å². The standard InChI is InChI=1S/C19H24N2OS/c1-2-8-17(15-9-4-3-5-10-15)21-19(23)20-14-13-16-11-6-7-12-18(16)22/h3-7,9-12,17,22H,2,8,13-14H2,1H3,(H2,20,21,23)/t17-/m1/s1. The smallest absolute Gasteiger partial charge is 0.166 e. The Kier molecular flexibility index (Phi) is 6.88. The molecule has 0 saturated heterocycles. The van der Waals surface area contributed by atoms with E-state index < -0.39 is 0 Å². The van der Waals surface area contributed by atoms with Crippen LogP contribution in [-0.4, -0.2) is 16.8 Å². The third-order valence-electron chi connectivity index (χ3n) is 3.76. The first-order valence-electron chi connectivity index (χ1n) is 8.07. The van der Waals surface area contributed by atoms with Gasteiger partial charge in [-0.15, -0.1) is 0 Å². The maximum absolute atomic E-state index is 9.76. The van der Waals surface area contributed by atoms with Crippen LogP contribution in [0.25, 0.3) is 0 Å². The van der Waals surface area contributed by atoms with Crippen molar-refractivity contribution in [1.29, 1.82) is 0 Å².